The zero-order valence-corrected chi connectivity index (χ0v) is 15.7. The first kappa shape index (κ1) is 19.4. The zero-order valence-electron chi connectivity index (χ0n) is 15.0. The summed E-state index contributed by atoms with van der Waals surface area (Å²) >= 11 is 6.23. The normalized spacial score (nSPS) is 11.5. The van der Waals surface area contributed by atoms with Crippen LogP contribution in [-0.4, -0.2) is 21.9 Å². The summed E-state index contributed by atoms with van der Waals surface area (Å²) in [4.78, 5) is 0. The summed E-state index contributed by atoms with van der Waals surface area (Å²) in [5.74, 6) is 0.632. The van der Waals surface area contributed by atoms with Crippen molar-refractivity contribution in [3.05, 3.63) is 64.0 Å². The molecule has 7 nitrogen and oxygen atoms in total. The third-order valence-corrected chi connectivity index (χ3v) is 4.74. The molecule has 3 aromatic rings. The molecule has 0 saturated carbocycles. The van der Waals surface area contributed by atoms with Gasteiger partial charge in [-0.2, -0.15) is 10.5 Å². The van der Waals surface area contributed by atoms with Gasteiger partial charge in [0.05, 0.1) is 22.2 Å². The van der Waals surface area contributed by atoms with E-state index < -0.39 is 6.04 Å². The van der Waals surface area contributed by atoms with Crippen LogP contribution in [0.2, 0.25) is 5.02 Å². The summed E-state index contributed by atoms with van der Waals surface area (Å²) in [6.45, 7) is 1.72. The number of rotatable bonds is 6. The van der Waals surface area contributed by atoms with Gasteiger partial charge in [-0.15, -0.1) is 10.2 Å². The second kappa shape index (κ2) is 8.53. The van der Waals surface area contributed by atoms with Crippen molar-refractivity contribution in [3.8, 4) is 23.6 Å². The minimum Gasteiger partial charge on any atom is -0.418 e. The second-order valence-electron chi connectivity index (χ2n) is 6.06. The molecule has 0 radical (unpaired) electrons. The fourth-order valence-electron chi connectivity index (χ4n) is 2.68. The van der Waals surface area contributed by atoms with Crippen LogP contribution >= 0.6 is 11.6 Å². The van der Waals surface area contributed by atoms with Gasteiger partial charge in [0.1, 0.15) is 12.1 Å². The van der Waals surface area contributed by atoms with E-state index in [0.717, 1.165) is 5.56 Å². The van der Waals surface area contributed by atoms with Crippen LogP contribution in [0.5, 0.6) is 0 Å². The number of aliphatic hydroxyl groups is 1. The maximum absolute atomic E-state index is 9.43. The molecule has 1 atom stereocenters. The Morgan fingerprint density at radius 2 is 1.89 bits per heavy atom. The smallest absolute Gasteiger partial charge is 0.247 e. The molecule has 1 heterocycles. The van der Waals surface area contributed by atoms with Crippen LogP contribution in [0.3, 0.4) is 0 Å². The monoisotopic (exact) mass is 393 g/mol. The maximum atomic E-state index is 9.43. The number of hydrogen-bond acceptors (Lipinski definition) is 7. The number of aromatic nitrogens is 2. The van der Waals surface area contributed by atoms with Gasteiger partial charge in [-0.05, 0) is 55.3 Å². The van der Waals surface area contributed by atoms with Gasteiger partial charge in [0.2, 0.25) is 11.8 Å². The quantitative estimate of drug-likeness (QED) is 0.650. The first-order valence-electron chi connectivity index (χ1n) is 8.48. The lowest BCUT2D eigenvalue weighted by Gasteiger charge is -2.18. The SMILES string of the molecule is Cc1c(NC(CCO)c2nnc(-c3ccc(C#N)cc3)o2)ccc(C#N)c1Cl. The van der Waals surface area contributed by atoms with Crippen LogP contribution in [0, 0.1) is 29.6 Å². The zero-order chi connectivity index (χ0) is 20.1. The fraction of sp³-hybridized carbons (Fsp3) is 0.200. The van der Waals surface area contributed by atoms with Crippen molar-refractivity contribution < 1.29 is 9.52 Å². The highest BCUT2D eigenvalue weighted by molar-refractivity contribution is 6.32. The maximum Gasteiger partial charge on any atom is 0.247 e. The second-order valence-corrected chi connectivity index (χ2v) is 6.43. The van der Waals surface area contributed by atoms with Crippen LogP contribution in [-0.2, 0) is 0 Å². The van der Waals surface area contributed by atoms with Crippen molar-refractivity contribution in [2.24, 2.45) is 0 Å². The predicted molar refractivity (Wildman–Crippen MR) is 103 cm³/mol. The number of benzene rings is 2. The number of nitrogens with zero attached hydrogens (tertiary/aromatic N) is 4. The van der Waals surface area contributed by atoms with Crippen molar-refractivity contribution in [2.75, 3.05) is 11.9 Å². The van der Waals surface area contributed by atoms with Gasteiger partial charge >= 0.3 is 0 Å². The van der Waals surface area contributed by atoms with E-state index in [4.69, 9.17) is 26.5 Å². The van der Waals surface area contributed by atoms with E-state index in [1.165, 1.54) is 0 Å². The highest BCUT2D eigenvalue weighted by Gasteiger charge is 2.20. The number of aliphatic hydroxyl groups excluding tert-OH is 1. The molecule has 0 spiro atoms. The molecule has 3 rings (SSSR count). The molecule has 0 bridgehead atoms. The van der Waals surface area contributed by atoms with E-state index in [1.54, 1.807) is 43.3 Å². The Kier molecular flexibility index (Phi) is 5.90. The molecule has 28 heavy (non-hydrogen) atoms. The average molecular weight is 394 g/mol. The van der Waals surface area contributed by atoms with E-state index in [2.05, 4.69) is 21.6 Å². The van der Waals surface area contributed by atoms with Gasteiger partial charge in [0, 0.05) is 17.9 Å². The van der Waals surface area contributed by atoms with Crippen LogP contribution in [0.25, 0.3) is 11.5 Å². The molecule has 0 fully saturated rings. The summed E-state index contributed by atoms with van der Waals surface area (Å²) < 4.78 is 5.78. The summed E-state index contributed by atoms with van der Waals surface area (Å²) in [5, 5.41) is 39.2. The largest absolute Gasteiger partial charge is 0.418 e. The molecule has 0 saturated heterocycles. The Morgan fingerprint density at radius 3 is 2.54 bits per heavy atom. The molecule has 0 aliphatic carbocycles. The van der Waals surface area contributed by atoms with Crippen LogP contribution in [0.4, 0.5) is 5.69 Å². The number of nitrogens with one attached hydrogen (secondary N) is 1. The lowest BCUT2D eigenvalue weighted by atomic mass is 10.1. The summed E-state index contributed by atoms with van der Waals surface area (Å²) in [6.07, 6.45) is 0.339. The van der Waals surface area contributed by atoms with Gasteiger partial charge in [-0.3, -0.25) is 0 Å². The first-order valence-corrected chi connectivity index (χ1v) is 8.85. The molecule has 0 aliphatic heterocycles. The Labute approximate surface area is 166 Å². The van der Waals surface area contributed by atoms with Crippen LogP contribution < -0.4 is 5.32 Å². The molecule has 0 amide bonds. The van der Waals surface area contributed by atoms with Gasteiger partial charge < -0.3 is 14.8 Å². The Balaban J connectivity index is 1.87. The molecule has 2 aromatic carbocycles. The number of nitriles is 2. The van der Waals surface area contributed by atoms with E-state index in [1.807, 2.05) is 6.07 Å². The summed E-state index contributed by atoms with van der Waals surface area (Å²) in [7, 11) is 0. The van der Waals surface area contributed by atoms with Crippen LogP contribution in [0.15, 0.2) is 40.8 Å². The lowest BCUT2D eigenvalue weighted by Crippen LogP contribution is -2.14. The number of halogens is 1. The Hall–Kier alpha value is -3.39. The van der Waals surface area contributed by atoms with Crippen molar-refractivity contribution in [2.45, 2.75) is 19.4 Å². The Morgan fingerprint density at radius 1 is 1.14 bits per heavy atom. The minimum absolute atomic E-state index is 0.0880. The predicted octanol–water partition coefficient (Wildman–Crippen LogP) is 3.98. The molecule has 1 aromatic heterocycles. The number of hydrogen-bond donors (Lipinski definition) is 2. The third kappa shape index (κ3) is 3.96. The first-order chi connectivity index (χ1) is 13.6. The molecule has 140 valence electrons. The van der Waals surface area contributed by atoms with E-state index in [9.17, 15) is 5.11 Å². The molecule has 0 aliphatic rings. The highest BCUT2D eigenvalue weighted by atomic mass is 35.5. The molecular formula is C20H16ClN5O2. The summed E-state index contributed by atoms with van der Waals surface area (Å²) in [5.41, 5.74) is 3.05. The fourth-order valence-corrected chi connectivity index (χ4v) is 2.89. The van der Waals surface area contributed by atoms with Gasteiger partial charge in [0.25, 0.3) is 0 Å². The molecule has 8 heteroatoms. The van der Waals surface area contributed by atoms with E-state index in [0.29, 0.717) is 45.6 Å². The van der Waals surface area contributed by atoms with Gasteiger partial charge in [0.15, 0.2) is 0 Å². The summed E-state index contributed by atoms with van der Waals surface area (Å²) in [6, 6.07) is 13.8. The van der Waals surface area contributed by atoms with Crippen molar-refractivity contribution in [1.29, 1.82) is 10.5 Å². The van der Waals surface area contributed by atoms with Gasteiger partial charge in [-0.1, -0.05) is 11.6 Å². The number of anilines is 1. The topological polar surface area (TPSA) is 119 Å². The molecule has 2 N–H and O–H groups in total. The van der Waals surface area contributed by atoms with Crippen molar-refractivity contribution in [1.82, 2.24) is 10.2 Å². The molecule has 1 unspecified atom stereocenters. The average Bonchev–Trinajstić information content (AvgIpc) is 3.21. The minimum atomic E-state index is -0.438. The molecular weight excluding hydrogens is 378 g/mol. The Bertz CT molecular complexity index is 1060. The van der Waals surface area contributed by atoms with E-state index in [-0.39, 0.29) is 6.61 Å². The standard InChI is InChI=1S/C20H16ClN5O2/c1-12-16(7-6-15(11-23)18(12)21)24-17(8-9-27)20-26-25-19(28-20)14-4-2-13(10-22)3-5-14/h2-7,17,24,27H,8-9H2,1H3. The van der Waals surface area contributed by atoms with Crippen molar-refractivity contribution >= 4 is 17.3 Å². The third-order valence-electron chi connectivity index (χ3n) is 4.25. The lowest BCUT2D eigenvalue weighted by molar-refractivity contribution is 0.271. The highest BCUT2D eigenvalue weighted by Crippen LogP contribution is 2.31. The van der Waals surface area contributed by atoms with E-state index >= 15 is 0 Å². The van der Waals surface area contributed by atoms with Crippen LogP contribution in [0.1, 0.15) is 35.0 Å². The van der Waals surface area contributed by atoms with Crippen molar-refractivity contribution in [3.63, 3.8) is 0 Å². The van der Waals surface area contributed by atoms with Gasteiger partial charge in [-0.25, -0.2) is 0 Å².